The van der Waals surface area contributed by atoms with Crippen molar-refractivity contribution in [1.29, 1.82) is 0 Å². The zero-order chi connectivity index (χ0) is 20.6. The lowest BCUT2D eigenvalue weighted by Crippen LogP contribution is -2.60. The van der Waals surface area contributed by atoms with Crippen LogP contribution >= 0.6 is 37.0 Å². The SMILES string of the molecule is C.CC(C)C(=O)OCOC(=O)C1=C(SC2CCS(=O)C2)S[C@@H]2[C@@H]([C@@H](C)O)C(=O)N12.S. The minimum absolute atomic E-state index is 0. The molecule has 12 heteroatoms. The molecule has 0 aliphatic carbocycles. The predicted molar refractivity (Wildman–Crippen MR) is 123 cm³/mol. The van der Waals surface area contributed by atoms with Gasteiger partial charge in [-0.05, 0) is 13.3 Å². The Hall–Kier alpha value is -0.690. The number of rotatable bonds is 7. The van der Waals surface area contributed by atoms with E-state index in [1.54, 1.807) is 20.8 Å². The van der Waals surface area contributed by atoms with Gasteiger partial charge in [0.15, 0.2) is 5.70 Å². The van der Waals surface area contributed by atoms with E-state index in [0.29, 0.717) is 15.7 Å². The highest BCUT2D eigenvalue weighted by atomic mass is 32.2. The van der Waals surface area contributed by atoms with E-state index in [1.807, 2.05) is 0 Å². The van der Waals surface area contributed by atoms with E-state index >= 15 is 0 Å². The van der Waals surface area contributed by atoms with Crippen molar-refractivity contribution in [2.24, 2.45) is 11.8 Å². The third-order valence-electron chi connectivity index (χ3n) is 4.63. The molecule has 3 rings (SSSR count). The molecule has 2 unspecified atom stereocenters. The second-order valence-electron chi connectivity index (χ2n) is 7.13. The summed E-state index contributed by atoms with van der Waals surface area (Å²) in [5.41, 5.74) is 0.125. The van der Waals surface area contributed by atoms with E-state index in [1.165, 1.54) is 28.4 Å². The van der Waals surface area contributed by atoms with Gasteiger partial charge in [0.25, 0.3) is 0 Å². The molecule has 0 spiro atoms. The van der Waals surface area contributed by atoms with E-state index < -0.39 is 41.6 Å². The Balaban J connectivity index is 0.00000225. The van der Waals surface area contributed by atoms with Gasteiger partial charge in [-0.1, -0.05) is 33.0 Å². The van der Waals surface area contributed by atoms with Crippen molar-refractivity contribution in [3.63, 3.8) is 0 Å². The van der Waals surface area contributed by atoms with Gasteiger partial charge in [-0.2, -0.15) is 13.5 Å². The number of nitrogens with zero attached hydrogens (tertiary/aromatic N) is 1. The molecule has 0 aromatic rings. The van der Waals surface area contributed by atoms with Gasteiger partial charge in [0.2, 0.25) is 12.7 Å². The first kappa shape index (κ1) is 27.3. The largest absolute Gasteiger partial charge is 0.428 e. The van der Waals surface area contributed by atoms with E-state index in [-0.39, 0.29) is 49.1 Å². The molecule has 30 heavy (non-hydrogen) atoms. The van der Waals surface area contributed by atoms with Crippen LogP contribution in [0.4, 0.5) is 0 Å². The number of aliphatic hydroxyl groups excluding tert-OH is 1. The summed E-state index contributed by atoms with van der Waals surface area (Å²) in [5.74, 6) is -1.32. The van der Waals surface area contributed by atoms with Crippen molar-refractivity contribution < 1.29 is 33.2 Å². The van der Waals surface area contributed by atoms with E-state index in [0.717, 1.165) is 6.42 Å². The average molecular weight is 500 g/mol. The van der Waals surface area contributed by atoms with Crippen LogP contribution < -0.4 is 0 Å². The number of hydrogen-bond acceptors (Lipinski definition) is 9. The highest BCUT2D eigenvalue weighted by Gasteiger charge is 2.58. The molecule has 2 fully saturated rings. The van der Waals surface area contributed by atoms with Gasteiger partial charge in [-0.3, -0.25) is 18.7 Å². The number of thioether (sulfide) groups is 2. The topological polar surface area (TPSA) is 110 Å². The Labute approximate surface area is 194 Å². The van der Waals surface area contributed by atoms with Crippen LogP contribution in [-0.2, 0) is 34.7 Å². The van der Waals surface area contributed by atoms with E-state index in [4.69, 9.17) is 9.47 Å². The normalized spacial score (nSPS) is 28.3. The fourth-order valence-corrected chi connectivity index (χ4v) is 8.33. The predicted octanol–water partition coefficient (Wildman–Crippen LogP) is 1.77. The number of fused-ring (bicyclic) bond motifs is 1. The van der Waals surface area contributed by atoms with Crippen LogP contribution in [0.5, 0.6) is 0 Å². The number of hydrogen-bond donors (Lipinski definition) is 1. The molecule has 3 aliphatic rings. The van der Waals surface area contributed by atoms with Gasteiger partial charge >= 0.3 is 11.9 Å². The second-order valence-corrected chi connectivity index (χ2v) is 11.4. The third kappa shape index (κ3) is 5.56. The van der Waals surface area contributed by atoms with E-state index in [9.17, 15) is 23.7 Å². The Morgan fingerprint density at radius 1 is 1.33 bits per heavy atom. The number of carbonyl (C=O) groups excluding carboxylic acids is 3. The molecule has 8 nitrogen and oxygen atoms in total. The summed E-state index contributed by atoms with van der Waals surface area (Å²) in [6.07, 6.45) is -0.0532. The molecule has 172 valence electrons. The van der Waals surface area contributed by atoms with Crippen LogP contribution in [0.1, 0.15) is 34.6 Å². The van der Waals surface area contributed by atoms with Gasteiger partial charge in [-0.15, -0.1) is 11.8 Å². The highest BCUT2D eigenvalue weighted by molar-refractivity contribution is 8.23. The molecule has 1 N–H and O–H groups in total. The molecule has 3 aliphatic heterocycles. The zero-order valence-electron chi connectivity index (χ0n) is 16.3. The summed E-state index contributed by atoms with van der Waals surface area (Å²) in [6.45, 7) is 4.36. The number of amides is 1. The van der Waals surface area contributed by atoms with Crippen LogP contribution in [-0.4, -0.2) is 67.1 Å². The summed E-state index contributed by atoms with van der Waals surface area (Å²) < 4.78 is 22.3. The number of aliphatic hydroxyl groups is 1. The Morgan fingerprint density at radius 3 is 2.53 bits per heavy atom. The minimum atomic E-state index is -0.860. The molecule has 2 saturated heterocycles. The fraction of sp³-hybridized carbons (Fsp3) is 0.722. The van der Waals surface area contributed by atoms with Crippen LogP contribution in [0.2, 0.25) is 0 Å². The molecule has 0 radical (unpaired) electrons. The van der Waals surface area contributed by atoms with Gasteiger partial charge in [-0.25, -0.2) is 4.79 Å². The third-order valence-corrected chi connectivity index (χ3v) is 9.18. The number of carbonyl (C=O) groups is 3. The lowest BCUT2D eigenvalue weighted by atomic mass is 9.92. The summed E-state index contributed by atoms with van der Waals surface area (Å²) in [5, 5.41) is 9.62. The van der Waals surface area contributed by atoms with Crippen molar-refractivity contribution in [3.05, 3.63) is 9.93 Å². The molecule has 0 saturated carbocycles. The lowest BCUT2D eigenvalue weighted by molar-refractivity contribution is -0.171. The first-order chi connectivity index (χ1) is 13.2. The van der Waals surface area contributed by atoms with Crippen molar-refractivity contribution in [1.82, 2.24) is 4.90 Å². The first-order valence-electron chi connectivity index (χ1n) is 8.98. The van der Waals surface area contributed by atoms with Crippen molar-refractivity contribution in [3.8, 4) is 0 Å². The van der Waals surface area contributed by atoms with Crippen LogP contribution in [0.15, 0.2) is 9.93 Å². The van der Waals surface area contributed by atoms with E-state index in [2.05, 4.69) is 0 Å². The van der Waals surface area contributed by atoms with Crippen molar-refractivity contribution in [2.75, 3.05) is 18.3 Å². The van der Waals surface area contributed by atoms with Gasteiger partial charge in [0.1, 0.15) is 5.37 Å². The lowest BCUT2D eigenvalue weighted by Gasteiger charge is -2.43. The number of β-lactam (4-membered cyclic amide) rings is 1. The molecular formula is C18H29NO7S4. The summed E-state index contributed by atoms with van der Waals surface area (Å²) in [7, 11) is -0.860. The first-order valence-corrected chi connectivity index (χ1v) is 12.2. The summed E-state index contributed by atoms with van der Waals surface area (Å²) >= 11 is 2.78. The van der Waals surface area contributed by atoms with Crippen LogP contribution in [0.3, 0.4) is 0 Å². The van der Waals surface area contributed by atoms with Crippen LogP contribution in [0, 0.1) is 11.8 Å². The highest BCUT2D eigenvalue weighted by Crippen LogP contribution is 2.55. The Kier molecular flexibility index (Phi) is 10.3. The standard InChI is InChI=1S/C17H23NO7S3.CH4.H2S/c1-8(2)15(21)24-7-25-16(22)12-17(26-10-4-5-28(23)6-10)27-14-11(9(3)19)13(20)18(12)14;;/h8-11,14,19H,4-7H2,1-3H3;1H4;1H2/t9-,10?,11+,14-,28?;;/m1../s1. The summed E-state index contributed by atoms with van der Waals surface area (Å²) in [6, 6.07) is 0. The molecule has 0 bridgehead atoms. The van der Waals surface area contributed by atoms with Crippen molar-refractivity contribution >= 4 is 65.7 Å². The monoisotopic (exact) mass is 499 g/mol. The smallest absolute Gasteiger partial charge is 0.359 e. The van der Waals surface area contributed by atoms with Gasteiger partial charge in [0, 0.05) is 27.6 Å². The maximum Gasteiger partial charge on any atom is 0.359 e. The maximum atomic E-state index is 12.6. The zero-order valence-corrected chi connectivity index (χ0v) is 19.7. The minimum Gasteiger partial charge on any atom is -0.428 e. The van der Waals surface area contributed by atoms with Gasteiger partial charge in [0.05, 0.1) is 22.2 Å². The molecule has 5 atom stereocenters. The molecule has 3 heterocycles. The molecular weight excluding hydrogens is 470 g/mol. The molecule has 1 amide bonds. The Bertz CT molecular complexity index is 740. The summed E-state index contributed by atoms with van der Waals surface area (Å²) in [4.78, 5) is 38.0. The molecule has 0 aromatic carbocycles. The second kappa shape index (κ2) is 11.3. The maximum absolute atomic E-state index is 12.6. The molecule has 0 aromatic heterocycles. The number of ether oxygens (including phenoxy) is 2. The van der Waals surface area contributed by atoms with Crippen LogP contribution in [0.25, 0.3) is 0 Å². The van der Waals surface area contributed by atoms with Gasteiger partial charge < -0.3 is 14.6 Å². The van der Waals surface area contributed by atoms with Crippen molar-refractivity contribution in [2.45, 2.75) is 51.3 Å². The Morgan fingerprint density at radius 2 is 2.00 bits per heavy atom. The fourth-order valence-electron chi connectivity index (χ4n) is 3.08. The quantitative estimate of drug-likeness (QED) is 0.318. The number of esters is 2. The average Bonchev–Trinajstić information content (AvgIpc) is 3.15.